The second kappa shape index (κ2) is 10.9. The first-order valence-electron chi connectivity index (χ1n) is 12.9. The fraction of sp³-hybridized carbons (Fsp3) is 0.593. The van der Waals surface area contributed by atoms with Gasteiger partial charge in [0.15, 0.2) is 5.65 Å². The van der Waals surface area contributed by atoms with E-state index in [1.807, 2.05) is 43.8 Å². The topological polar surface area (TPSA) is 70.3 Å². The maximum absolute atomic E-state index is 10.7. The normalized spacial score (nSPS) is 23.9. The van der Waals surface area contributed by atoms with Crippen molar-refractivity contribution in [2.24, 2.45) is 5.92 Å². The Bertz CT molecular complexity index is 1260. The van der Waals surface area contributed by atoms with Crippen LogP contribution in [0, 0.1) is 12.8 Å². The van der Waals surface area contributed by atoms with Gasteiger partial charge in [-0.15, -0.1) is 12.4 Å². The van der Waals surface area contributed by atoms with Crippen LogP contribution in [-0.2, 0) is 0 Å². The van der Waals surface area contributed by atoms with Crippen molar-refractivity contribution >= 4 is 52.6 Å². The van der Waals surface area contributed by atoms with Crippen LogP contribution in [0.4, 0.5) is 5.82 Å². The van der Waals surface area contributed by atoms with Crippen molar-refractivity contribution in [2.45, 2.75) is 77.6 Å². The molecule has 37 heavy (non-hydrogen) atoms. The van der Waals surface area contributed by atoms with Crippen molar-refractivity contribution in [3.63, 3.8) is 0 Å². The Balaban J connectivity index is 0.00000320. The average molecular weight is 568 g/mol. The number of benzene rings is 1. The molecule has 1 N–H and O–H groups in total. The van der Waals surface area contributed by atoms with E-state index in [0.717, 1.165) is 67.1 Å². The fourth-order valence-electron chi connectivity index (χ4n) is 6.21. The third-order valence-corrected chi connectivity index (χ3v) is 8.62. The monoisotopic (exact) mass is 566 g/mol. The summed E-state index contributed by atoms with van der Waals surface area (Å²) in [4.78, 5) is 14.7. The number of likely N-dealkylation sites (tertiary alicyclic amines) is 1. The Morgan fingerprint density at radius 2 is 1.92 bits per heavy atom. The SMILES string of the molecule is Cc1nn(C(C)c2ccc(Cl)cc2Cl)c2nc(N3CC[C@H](N4CCC[C@H]4C(C)(C)O)[C@H](C)C3)cnc12.Cl. The van der Waals surface area contributed by atoms with E-state index in [2.05, 4.69) is 23.6 Å². The van der Waals surface area contributed by atoms with Crippen molar-refractivity contribution in [1.82, 2.24) is 24.6 Å². The molecule has 1 unspecified atom stereocenters. The molecule has 0 bridgehead atoms. The summed E-state index contributed by atoms with van der Waals surface area (Å²) in [5.41, 5.74) is 2.69. The third kappa shape index (κ3) is 5.44. The highest BCUT2D eigenvalue weighted by molar-refractivity contribution is 6.35. The number of aliphatic hydroxyl groups is 1. The fourth-order valence-corrected chi connectivity index (χ4v) is 6.78. The van der Waals surface area contributed by atoms with E-state index >= 15 is 0 Å². The molecule has 0 amide bonds. The van der Waals surface area contributed by atoms with E-state index in [4.69, 9.17) is 38.3 Å². The maximum atomic E-state index is 10.7. The van der Waals surface area contributed by atoms with Crippen LogP contribution in [-0.4, -0.2) is 67.1 Å². The number of aromatic nitrogens is 4. The van der Waals surface area contributed by atoms with Crippen LogP contribution >= 0.6 is 35.6 Å². The first-order valence-corrected chi connectivity index (χ1v) is 13.7. The van der Waals surface area contributed by atoms with Gasteiger partial charge >= 0.3 is 0 Å². The quantitative estimate of drug-likeness (QED) is 0.413. The zero-order chi connectivity index (χ0) is 25.8. The number of nitrogens with zero attached hydrogens (tertiary/aromatic N) is 6. The lowest BCUT2D eigenvalue weighted by molar-refractivity contribution is -0.0284. The number of anilines is 1. The molecule has 4 heterocycles. The molecule has 2 aliphatic heterocycles. The molecule has 2 aliphatic rings. The van der Waals surface area contributed by atoms with Crippen molar-refractivity contribution in [1.29, 1.82) is 0 Å². The second-order valence-corrected chi connectivity index (χ2v) is 11.9. The smallest absolute Gasteiger partial charge is 0.179 e. The van der Waals surface area contributed by atoms with Gasteiger partial charge in [0.1, 0.15) is 11.3 Å². The summed E-state index contributed by atoms with van der Waals surface area (Å²) in [6, 6.07) is 6.14. The zero-order valence-electron chi connectivity index (χ0n) is 22.2. The number of rotatable bonds is 5. The highest BCUT2D eigenvalue weighted by atomic mass is 35.5. The van der Waals surface area contributed by atoms with Crippen molar-refractivity contribution < 1.29 is 5.11 Å². The zero-order valence-corrected chi connectivity index (χ0v) is 24.5. The van der Waals surface area contributed by atoms with Gasteiger partial charge in [-0.1, -0.05) is 36.2 Å². The first-order chi connectivity index (χ1) is 17.0. The number of hydrogen-bond acceptors (Lipinski definition) is 6. The third-order valence-electron chi connectivity index (χ3n) is 8.06. The molecular weight excluding hydrogens is 531 g/mol. The second-order valence-electron chi connectivity index (χ2n) is 11.1. The van der Waals surface area contributed by atoms with Crippen LogP contribution in [0.5, 0.6) is 0 Å². The molecule has 4 atom stereocenters. The lowest BCUT2D eigenvalue weighted by Crippen LogP contribution is -2.56. The molecule has 5 rings (SSSR count). The molecule has 10 heteroatoms. The average Bonchev–Trinajstić information content (AvgIpc) is 3.43. The Labute approximate surface area is 235 Å². The van der Waals surface area contributed by atoms with E-state index in [0.29, 0.717) is 22.0 Å². The highest BCUT2D eigenvalue weighted by Gasteiger charge is 2.42. The van der Waals surface area contributed by atoms with E-state index < -0.39 is 5.60 Å². The molecule has 0 aliphatic carbocycles. The van der Waals surface area contributed by atoms with Crippen LogP contribution in [0.3, 0.4) is 0 Å². The summed E-state index contributed by atoms with van der Waals surface area (Å²) in [6.45, 7) is 13.1. The van der Waals surface area contributed by atoms with Crippen molar-refractivity contribution in [3.8, 4) is 0 Å². The number of halogens is 3. The summed E-state index contributed by atoms with van der Waals surface area (Å²) >= 11 is 12.6. The van der Waals surface area contributed by atoms with Crippen LogP contribution in [0.2, 0.25) is 10.0 Å². The van der Waals surface area contributed by atoms with Gasteiger partial charge in [-0.25, -0.2) is 14.6 Å². The van der Waals surface area contributed by atoms with Gasteiger partial charge in [0.25, 0.3) is 0 Å². The lowest BCUT2D eigenvalue weighted by Gasteiger charge is -2.46. The molecule has 2 fully saturated rings. The summed E-state index contributed by atoms with van der Waals surface area (Å²) in [5, 5.41) is 16.7. The van der Waals surface area contributed by atoms with Crippen molar-refractivity contribution in [3.05, 3.63) is 45.7 Å². The minimum Gasteiger partial charge on any atom is -0.389 e. The van der Waals surface area contributed by atoms with Gasteiger partial charge in [0.05, 0.1) is 23.5 Å². The van der Waals surface area contributed by atoms with E-state index in [-0.39, 0.29) is 24.5 Å². The van der Waals surface area contributed by atoms with Crippen LogP contribution in [0.1, 0.15) is 64.3 Å². The van der Waals surface area contributed by atoms with Crippen LogP contribution in [0.25, 0.3) is 11.2 Å². The van der Waals surface area contributed by atoms with Gasteiger partial charge < -0.3 is 10.0 Å². The molecule has 2 aromatic heterocycles. The largest absolute Gasteiger partial charge is 0.389 e. The molecule has 1 aromatic carbocycles. The summed E-state index contributed by atoms with van der Waals surface area (Å²) in [6.07, 6.45) is 5.15. The van der Waals surface area contributed by atoms with Gasteiger partial charge in [0.2, 0.25) is 0 Å². The number of aryl methyl sites for hydroxylation is 1. The molecule has 3 aromatic rings. The standard InChI is InChI=1S/C27H36Cl2N6O.ClH/c1-16-15-33(12-10-22(16)34-11-6-7-23(34)27(4,5)36)24-14-30-25-17(2)32-35(26(25)31-24)18(3)20-9-8-19(28)13-21(20)29;/h8-9,13-14,16,18,22-23,36H,6-7,10-12,15H2,1-5H3;1H/t16-,18?,22+,23+;/m1./s1. The number of piperidine rings is 1. The van der Waals surface area contributed by atoms with E-state index in [9.17, 15) is 5.11 Å². The van der Waals surface area contributed by atoms with Gasteiger partial charge in [0, 0.05) is 35.2 Å². The van der Waals surface area contributed by atoms with Crippen molar-refractivity contribution in [2.75, 3.05) is 24.5 Å². The first kappa shape index (κ1) is 28.4. The maximum Gasteiger partial charge on any atom is 0.179 e. The minimum atomic E-state index is -0.677. The highest BCUT2D eigenvalue weighted by Crippen LogP contribution is 2.35. The van der Waals surface area contributed by atoms with E-state index in [1.165, 1.54) is 0 Å². The molecule has 0 radical (unpaired) electrons. The van der Waals surface area contributed by atoms with Crippen LogP contribution < -0.4 is 4.90 Å². The number of hydrogen-bond donors (Lipinski definition) is 1. The minimum absolute atomic E-state index is 0. The Hall–Kier alpha value is -1.64. The Kier molecular flexibility index (Phi) is 8.32. The summed E-state index contributed by atoms with van der Waals surface area (Å²) in [5.74, 6) is 1.33. The Morgan fingerprint density at radius 1 is 1.16 bits per heavy atom. The predicted octanol–water partition coefficient (Wildman–Crippen LogP) is 5.92. The summed E-state index contributed by atoms with van der Waals surface area (Å²) < 4.78 is 1.92. The predicted molar refractivity (Wildman–Crippen MR) is 153 cm³/mol. The molecular formula is C27H37Cl3N6O. The molecule has 7 nitrogen and oxygen atoms in total. The van der Waals surface area contributed by atoms with Gasteiger partial charge in [-0.3, -0.25) is 4.90 Å². The molecule has 202 valence electrons. The van der Waals surface area contributed by atoms with Crippen LogP contribution in [0.15, 0.2) is 24.4 Å². The molecule has 2 saturated heterocycles. The van der Waals surface area contributed by atoms with Gasteiger partial charge in [-0.05, 0) is 77.1 Å². The number of fused-ring (bicyclic) bond motifs is 1. The van der Waals surface area contributed by atoms with E-state index in [1.54, 1.807) is 6.07 Å². The van der Waals surface area contributed by atoms with Gasteiger partial charge in [-0.2, -0.15) is 5.10 Å². The molecule has 0 saturated carbocycles. The molecule has 0 spiro atoms. The Morgan fingerprint density at radius 3 is 2.59 bits per heavy atom. The summed E-state index contributed by atoms with van der Waals surface area (Å²) in [7, 11) is 0. The lowest BCUT2D eigenvalue weighted by atomic mass is 9.89.